The first-order chi connectivity index (χ1) is 14.1. The molecular weight excluding hydrogens is 366 g/mol. The Morgan fingerprint density at radius 2 is 2.17 bits per heavy atom. The van der Waals surface area contributed by atoms with E-state index in [1.807, 2.05) is 56.3 Å². The third-order valence-corrected chi connectivity index (χ3v) is 5.09. The molecule has 3 rings (SSSR count). The lowest BCUT2D eigenvalue weighted by molar-refractivity contribution is -0.117. The van der Waals surface area contributed by atoms with Gasteiger partial charge in [0, 0.05) is 24.5 Å². The molecule has 1 aliphatic rings. The van der Waals surface area contributed by atoms with Gasteiger partial charge in [0.25, 0.3) is 5.91 Å². The van der Waals surface area contributed by atoms with E-state index in [-0.39, 0.29) is 11.7 Å². The number of nitrogens with one attached hydrogen (secondary N) is 1. The van der Waals surface area contributed by atoms with Gasteiger partial charge in [-0.25, -0.2) is 0 Å². The van der Waals surface area contributed by atoms with Crippen molar-refractivity contribution in [1.82, 2.24) is 9.88 Å². The lowest BCUT2D eigenvalue weighted by Crippen LogP contribution is -2.29. The fraction of sp³-hybridized carbons (Fsp3) is 0.391. The molecule has 1 saturated heterocycles. The molecule has 0 aliphatic carbocycles. The Morgan fingerprint density at radius 1 is 1.38 bits per heavy atom. The summed E-state index contributed by atoms with van der Waals surface area (Å²) < 4.78 is 13.5. The SMILES string of the molecule is Cc1cc(/C=C(/C#N)C(=O)NCCOc2ccccc2)c(C)n1CC1CCCO1. The molecule has 0 spiro atoms. The van der Waals surface area contributed by atoms with Crippen LogP contribution in [0, 0.1) is 25.2 Å². The second kappa shape index (κ2) is 9.94. The van der Waals surface area contributed by atoms with Crippen LogP contribution in [-0.4, -0.2) is 36.3 Å². The van der Waals surface area contributed by atoms with Gasteiger partial charge in [0.2, 0.25) is 0 Å². The van der Waals surface area contributed by atoms with E-state index in [0.29, 0.717) is 13.2 Å². The number of benzene rings is 1. The summed E-state index contributed by atoms with van der Waals surface area (Å²) in [7, 11) is 0. The van der Waals surface area contributed by atoms with Crippen LogP contribution in [0.5, 0.6) is 5.75 Å². The molecule has 0 bridgehead atoms. The lowest BCUT2D eigenvalue weighted by Gasteiger charge is -2.14. The minimum Gasteiger partial charge on any atom is -0.492 e. The van der Waals surface area contributed by atoms with Crippen molar-refractivity contribution in [1.29, 1.82) is 5.26 Å². The molecule has 6 heteroatoms. The summed E-state index contributed by atoms with van der Waals surface area (Å²) in [6.07, 6.45) is 4.06. The average Bonchev–Trinajstić information content (AvgIpc) is 3.34. The topological polar surface area (TPSA) is 76.3 Å². The highest BCUT2D eigenvalue weighted by Crippen LogP contribution is 2.22. The standard InChI is InChI=1S/C23H27N3O3/c1-17-13-19(18(2)26(17)16-22-9-6-11-28-22)14-20(15-24)23(27)25-10-12-29-21-7-4-3-5-8-21/h3-5,7-8,13-14,22H,6,9-12,16H2,1-2H3,(H,25,27)/b20-14-. The van der Waals surface area contributed by atoms with E-state index < -0.39 is 5.91 Å². The van der Waals surface area contributed by atoms with Crippen LogP contribution in [0.3, 0.4) is 0 Å². The molecule has 2 heterocycles. The zero-order chi connectivity index (χ0) is 20.6. The molecule has 29 heavy (non-hydrogen) atoms. The highest BCUT2D eigenvalue weighted by Gasteiger charge is 2.19. The summed E-state index contributed by atoms with van der Waals surface area (Å²) in [6, 6.07) is 13.4. The molecular formula is C23H27N3O3. The van der Waals surface area contributed by atoms with Crippen molar-refractivity contribution in [2.75, 3.05) is 19.8 Å². The van der Waals surface area contributed by atoms with Crippen LogP contribution in [-0.2, 0) is 16.1 Å². The predicted molar refractivity (Wildman–Crippen MR) is 111 cm³/mol. The zero-order valence-corrected chi connectivity index (χ0v) is 17.0. The molecule has 6 nitrogen and oxygen atoms in total. The third-order valence-electron chi connectivity index (χ3n) is 5.09. The normalized spacial score (nSPS) is 16.4. The monoisotopic (exact) mass is 393 g/mol. The number of nitrogens with zero attached hydrogens (tertiary/aromatic N) is 2. The van der Waals surface area contributed by atoms with Crippen LogP contribution in [0.15, 0.2) is 42.0 Å². The summed E-state index contributed by atoms with van der Waals surface area (Å²) in [6.45, 7) is 6.33. The second-order valence-corrected chi connectivity index (χ2v) is 7.16. The Balaban J connectivity index is 1.59. The summed E-state index contributed by atoms with van der Waals surface area (Å²) >= 11 is 0. The number of carbonyl (C=O) groups is 1. The van der Waals surface area contributed by atoms with Crippen LogP contribution in [0.4, 0.5) is 0 Å². The van der Waals surface area contributed by atoms with Crippen LogP contribution < -0.4 is 10.1 Å². The van der Waals surface area contributed by atoms with E-state index in [2.05, 4.69) is 9.88 Å². The summed E-state index contributed by atoms with van der Waals surface area (Å²) in [5, 5.41) is 12.2. The first kappa shape index (κ1) is 20.7. The molecule has 1 N–H and O–H groups in total. The van der Waals surface area contributed by atoms with E-state index in [4.69, 9.17) is 9.47 Å². The van der Waals surface area contributed by atoms with E-state index in [1.165, 1.54) is 0 Å². The molecule has 1 fully saturated rings. The van der Waals surface area contributed by atoms with Gasteiger partial charge in [-0.1, -0.05) is 18.2 Å². The number of rotatable bonds is 8. The van der Waals surface area contributed by atoms with Crippen molar-refractivity contribution in [3.8, 4) is 11.8 Å². The fourth-order valence-corrected chi connectivity index (χ4v) is 3.50. The number of aromatic nitrogens is 1. The average molecular weight is 393 g/mol. The van der Waals surface area contributed by atoms with Crippen molar-refractivity contribution >= 4 is 12.0 Å². The minimum absolute atomic E-state index is 0.0853. The quantitative estimate of drug-likeness (QED) is 0.424. The van der Waals surface area contributed by atoms with Crippen molar-refractivity contribution in [3.05, 3.63) is 58.9 Å². The second-order valence-electron chi connectivity index (χ2n) is 7.16. The number of hydrogen-bond donors (Lipinski definition) is 1. The largest absolute Gasteiger partial charge is 0.492 e. The summed E-state index contributed by atoms with van der Waals surface area (Å²) in [5.74, 6) is 0.351. The molecule has 1 aromatic heterocycles. The maximum absolute atomic E-state index is 12.4. The molecule has 1 aliphatic heterocycles. The van der Waals surface area contributed by atoms with Crippen molar-refractivity contribution in [3.63, 3.8) is 0 Å². The molecule has 1 unspecified atom stereocenters. The number of nitriles is 1. The first-order valence-electron chi connectivity index (χ1n) is 9.94. The van der Waals surface area contributed by atoms with Crippen molar-refractivity contribution < 1.29 is 14.3 Å². The minimum atomic E-state index is -0.395. The number of aryl methyl sites for hydroxylation is 1. The molecule has 2 aromatic rings. The predicted octanol–water partition coefficient (Wildman–Crippen LogP) is 3.39. The zero-order valence-electron chi connectivity index (χ0n) is 17.0. The van der Waals surface area contributed by atoms with E-state index >= 15 is 0 Å². The van der Waals surface area contributed by atoms with Gasteiger partial charge in [-0.15, -0.1) is 0 Å². The van der Waals surface area contributed by atoms with Gasteiger partial charge in [0.05, 0.1) is 12.6 Å². The van der Waals surface area contributed by atoms with Gasteiger partial charge in [-0.2, -0.15) is 5.26 Å². The first-order valence-corrected chi connectivity index (χ1v) is 9.94. The Morgan fingerprint density at radius 3 is 2.86 bits per heavy atom. The highest BCUT2D eigenvalue weighted by molar-refractivity contribution is 6.01. The van der Waals surface area contributed by atoms with Crippen LogP contribution in [0.1, 0.15) is 29.8 Å². The number of ether oxygens (including phenoxy) is 2. The highest BCUT2D eigenvalue weighted by atomic mass is 16.5. The number of para-hydroxylation sites is 1. The number of amides is 1. The van der Waals surface area contributed by atoms with Crippen LogP contribution in [0.25, 0.3) is 6.08 Å². The Kier molecular flexibility index (Phi) is 7.09. The Bertz CT molecular complexity index is 903. The number of hydrogen-bond acceptors (Lipinski definition) is 4. The smallest absolute Gasteiger partial charge is 0.262 e. The van der Waals surface area contributed by atoms with Gasteiger partial charge < -0.3 is 19.4 Å². The van der Waals surface area contributed by atoms with E-state index in [1.54, 1.807) is 6.08 Å². The molecule has 1 aromatic carbocycles. The summed E-state index contributed by atoms with van der Waals surface area (Å²) in [5.41, 5.74) is 3.10. The van der Waals surface area contributed by atoms with Crippen LogP contribution in [0.2, 0.25) is 0 Å². The van der Waals surface area contributed by atoms with Crippen molar-refractivity contribution in [2.24, 2.45) is 0 Å². The Labute approximate surface area is 171 Å². The molecule has 1 atom stereocenters. The van der Waals surface area contributed by atoms with Gasteiger partial charge in [-0.05, 0) is 56.5 Å². The van der Waals surface area contributed by atoms with Crippen LogP contribution >= 0.6 is 0 Å². The third kappa shape index (κ3) is 5.49. The van der Waals surface area contributed by atoms with Gasteiger partial charge >= 0.3 is 0 Å². The maximum Gasteiger partial charge on any atom is 0.262 e. The Hall–Kier alpha value is -3.04. The number of carbonyl (C=O) groups excluding carboxylic acids is 1. The summed E-state index contributed by atoms with van der Waals surface area (Å²) in [4.78, 5) is 12.4. The molecule has 1 amide bonds. The van der Waals surface area contributed by atoms with Gasteiger partial charge in [0.1, 0.15) is 24.0 Å². The van der Waals surface area contributed by atoms with Gasteiger partial charge in [0.15, 0.2) is 0 Å². The lowest BCUT2D eigenvalue weighted by atomic mass is 10.1. The fourth-order valence-electron chi connectivity index (χ4n) is 3.50. The van der Waals surface area contributed by atoms with Gasteiger partial charge in [-0.3, -0.25) is 4.79 Å². The maximum atomic E-state index is 12.4. The molecule has 0 saturated carbocycles. The van der Waals surface area contributed by atoms with E-state index in [9.17, 15) is 10.1 Å². The van der Waals surface area contributed by atoms with Crippen molar-refractivity contribution in [2.45, 2.75) is 39.3 Å². The molecule has 0 radical (unpaired) electrons. The van der Waals surface area contributed by atoms with E-state index in [0.717, 1.165) is 48.7 Å². The molecule has 152 valence electrons.